The number of carbonyl (C=O) groups excluding carboxylic acids is 2. The van der Waals surface area contributed by atoms with E-state index in [1.165, 1.54) is 17.8 Å². The highest BCUT2D eigenvalue weighted by atomic mass is 32.1. The first-order valence-electron chi connectivity index (χ1n) is 7.70. The van der Waals surface area contributed by atoms with Gasteiger partial charge in [-0.1, -0.05) is 31.1 Å². The summed E-state index contributed by atoms with van der Waals surface area (Å²) in [5, 5.41) is 8.47. The summed E-state index contributed by atoms with van der Waals surface area (Å²) in [5.74, 6) is 0.351. The van der Waals surface area contributed by atoms with E-state index in [1.807, 2.05) is 24.3 Å². The lowest BCUT2D eigenvalue weighted by Gasteiger charge is -2.10. The van der Waals surface area contributed by atoms with E-state index in [-0.39, 0.29) is 29.8 Å². The number of nitrogens with one attached hydrogen (secondary N) is 2. The Morgan fingerprint density at radius 2 is 1.96 bits per heavy atom. The summed E-state index contributed by atoms with van der Waals surface area (Å²) in [7, 11) is 0. The molecular weight excluding hydrogens is 342 g/mol. The van der Waals surface area contributed by atoms with Crippen LogP contribution in [0.25, 0.3) is 0 Å². The van der Waals surface area contributed by atoms with Crippen molar-refractivity contribution in [3.05, 3.63) is 47.9 Å². The number of amides is 1. The van der Waals surface area contributed by atoms with Crippen LogP contribution in [0.5, 0.6) is 5.75 Å². The van der Waals surface area contributed by atoms with Crippen molar-refractivity contribution in [3.8, 4) is 5.75 Å². The maximum Gasteiger partial charge on any atom is 0.296 e. The Morgan fingerprint density at radius 3 is 2.56 bits per heavy atom. The lowest BCUT2D eigenvalue weighted by atomic mass is 10.0. The van der Waals surface area contributed by atoms with Crippen molar-refractivity contribution < 1.29 is 18.8 Å². The molecule has 1 aromatic carbocycles. The molecule has 0 saturated carbocycles. The van der Waals surface area contributed by atoms with E-state index in [9.17, 15) is 9.59 Å². The van der Waals surface area contributed by atoms with Gasteiger partial charge < -0.3 is 14.6 Å². The number of thiocarbonyl (C=S) groups is 1. The van der Waals surface area contributed by atoms with E-state index in [0.717, 1.165) is 0 Å². The Kier molecular flexibility index (Phi) is 6.64. The highest BCUT2D eigenvalue weighted by Gasteiger charge is 2.12. The first-order valence-corrected chi connectivity index (χ1v) is 8.11. The van der Waals surface area contributed by atoms with Gasteiger partial charge in [0.05, 0.1) is 12.7 Å². The smallest absolute Gasteiger partial charge is 0.296 e. The first kappa shape index (κ1) is 18.6. The van der Waals surface area contributed by atoms with E-state index in [1.54, 1.807) is 0 Å². The van der Waals surface area contributed by atoms with E-state index in [0.29, 0.717) is 11.7 Å². The predicted molar refractivity (Wildman–Crippen MR) is 95.6 cm³/mol. The molecule has 8 heteroatoms. The highest BCUT2D eigenvalue weighted by Crippen LogP contribution is 2.18. The summed E-state index contributed by atoms with van der Waals surface area (Å²) in [6.45, 7) is 4.07. The average molecular weight is 361 g/mol. The van der Waals surface area contributed by atoms with Gasteiger partial charge in [0.25, 0.3) is 5.91 Å². The van der Waals surface area contributed by atoms with Gasteiger partial charge in [0.2, 0.25) is 5.76 Å². The van der Waals surface area contributed by atoms with Gasteiger partial charge in [-0.15, -0.1) is 0 Å². The summed E-state index contributed by atoms with van der Waals surface area (Å²) in [6.07, 6.45) is 1.35. The number of carbonyl (C=O) groups is 2. The average Bonchev–Trinajstić information content (AvgIpc) is 3.13. The lowest BCUT2D eigenvalue weighted by Crippen LogP contribution is -2.42. The second-order valence-corrected chi connectivity index (χ2v) is 5.97. The van der Waals surface area contributed by atoms with Gasteiger partial charge in [0.15, 0.2) is 10.9 Å². The van der Waals surface area contributed by atoms with Crippen LogP contribution in [-0.4, -0.2) is 35.1 Å². The fourth-order valence-corrected chi connectivity index (χ4v) is 2.05. The zero-order valence-corrected chi connectivity index (χ0v) is 14.8. The van der Waals surface area contributed by atoms with Gasteiger partial charge >= 0.3 is 0 Å². The van der Waals surface area contributed by atoms with Crippen LogP contribution < -0.4 is 15.4 Å². The number of rotatable bonds is 7. The van der Waals surface area contributed by atoms with Crippen LogP contribution in [0.2, 0.25) is 0 Å². The minimum absolute atomic E-state index is 0.0241. The first-order chi connectivity index (χ1) is 12.0. The molecule has 0 aliphatic rings. The van der Waals surface area contributed by atoms with E-state index in [2.05, 4.69) is 29.6 Å². The van der Waals surface area contributed by atoms with Crippen molar-refractivity contribution in [3.63, 3.8) is 0 Å². The third kappa shape index (κ3) is 6.00. The predicted octanol–water partition coefficient (Wildman–Crippen LogP) is 2.05. The van der Waals surface area contributed by atoms with Crippen LogP contribution in [0.3, 0.4) is 0 Å². The van der Waals surface area contributed by atoms with Crippen LogP contribution in [0.4, 0.5) is 0 Å². The van der Waals surface area contributed by atoms with Crippen LogP contribution in [0.15, 0.2) is 41.1 Å². The topological polar surface area (TPSA) is 93.5 Å². The zero-order chi connectivity index (χ0) is 18.2. The molecule has 0 fully saturated rings. The maximum atomic E-state index is 11.8. The van der Waals surface area contributed by atoms with Crippen molar-refractivity contribution in [2.75, 3.05) is 13.2 Å². The molecule has 2 N–H and O–H groups in total. The lowest BCUT2D eigenvalue weighted by molar-refractivity contribution is -0.119. The molecule has 2 aromatic rings. The van der Waals surface area contributed by atoms with Crippen molar-refractivity contribution in [2.24, 2.45) is 0 Å². The zero-order valence-electron chi connectivity index (χ0n) is 13.9. The number of ether oxygens (including phenoxy) is 1. The molecule has 1 heterocycles. The Balaban J connectivity index is 1.69. The maximum absolute atomic E-state index is 11.8. The minimum Gasteiger partial charge on any atom is -0.486 e. The fraction of sp³-hybridized carbons (Fsp3) is 0.294. The molecule has 0 saturated heterocycles. The molecule has 0 aliphatic heterocycles. The quantitative estimate of drug-likeness (QED) is 0.729. The molecule has 1 aromatic heterocycles. The molecule has 0 radical (unpaired) electrons. The monoisotopic (exact) mass is 361 g/mol. The molecule has 2 rings (SSSR count). The fourth-order valence-electron chi connectivity index (χ4n) is 1.88. The van der Waals surface area contributed by atoms with Crippen molar-refractivity contribution in [1.82, 2.24) is 15.8 Å². The summed E-state index contributed by atoms with van der Waals surface area (Å²) < 4.78 is 10.1. The standard InChI is InChI=1S/C17H19N3O4S/c1-11(2)12-3-5-14(6-4-12)23-10-13(21)9-18-17(25)20-16(22)15-7-8-19-24-15/h3-8,11H,9-10H2,1-2H3,(H2,18,20,22,25). The normalized spacial score (nSPS) is 10.4. The van der Waals surface area contributed by atoms with Gasteiger partial charge in [0, 0.05) is 6.07 Å². The van der Waals surface area contributed by atoms with Gasteiger partial charge in [-0.2, -0.15) is 0 Å². The molecule has 0 bridgehead atoms. The van der Waals surface area contributed by atoms with Gasteiger partial charge in [-0.25, -0.2) is 0 Å². The van der Waals surface area contributed by atoms with E-state index in [4.69, 9.17) is 21.5 Å². The second-order valence-electron chi connectivity index (χ2n) is 5.56. The Labute approximate surface area is 150 Å². The summed E-state index contributed by atoms with van der Waals surface area (Å²) in [5.41, 5.74) is 1.20. The molecular formula is C17H19N3O4S. The number of nitrogens with zero attached hydrogens (tertiary/aromatic N) is 1. The highest BCUT2D eigenvalue weighted by molar-refractivity contribution is 7.80. The Bertz CT molecular complexity index is 727. The molecule has 7 nitrogen and oxygen atoms in total. The molecule has 132 valence electrons. The van der Waals surface area contributed by atoms with Gasteiger partial charge in [0.1, 0.15) is 12.4 Å². The van der Waals surface area contributed by atoms with Crippen LogP contribution in [0, 0.1) is 0 Å². The largest absolute Gasteiger partial charge is 0.486 e. The Hall–Kier alpha value is -2.74. The molecule has 25 heavy (non-hydrogen) atoms. The summed E-state index contributed by atoms with van der Waals surface area (Å²) in [6, 6.07) is 9.01. The van der Waals surface area contributed by atoms with Crippen molar-refractivity contribution >= 4 is 29.0 Å². The molecule has 1 amide bonds. The van der Waals surface area contributed by atoms with Crippen molar-refractivity contribution in [2.45, 2.75) is 19.8 Å². The third-order valence-electron chi connectivity index (χ3n) is 3.28. The summed E-state index contributed by atoms with van der Waals surface area (Å²) >= 11 is 4.94. The number of Topliss-reactive ketones (excluding diaryl/α,β-unsaturated/α-hetero) is 1. The van der Waals surface area contributed by atoms with E-state index >= 15 is 0 Å². The molecule has 0 unspecified atom stereocenters. The minimum atomic E-state index is -0.538. The molecule has 0 atom stereocenters. The second kappa shape index (κ2) is 8.93. The van der Waals surface area contributed by atoms with Crippen molar-refractivity contribution in [1.29, 1.82) is 0 Å². The van der Waals surface area contributed by atoms with Crippen LogP contribution >= 0.6 is 12.2 Å². The third-order valence-corrected chi connectivity index (χ3v) is 3.53. The number of ketones is 1. The number of hydrogen-bond donors (Lipinski definition) is 2. The number of hydrogen-bond acceptors (Lipinski definition) is 6. The van der Waals surface area contributed by atoms with E-state index < -0.39 is 5.91 Å². The summed E-state index contributed by atoms with van der Waals surface area (Å²) in [4.78, 5) is 23.5. The SMILES string of the molecule is CC(C)c1ccc(OCC(=O)CNC(=S)NC(=O)c2ccno2)cc1. The molecule has 0 spiro atoms. The molecule has 0 aliphatic carbocycles. The van der Waals surface area contributed by atoms with Crippen LogP contribution in [0.1, 0.15) is 35.9 Å². The van der Waals surface area contributed by atoms with Gasteiger partial charge in [-0.05, 0) is 35.8 Å². The van der Waals surface area contributed by atoms with Crippen LogP contribution in [-0.2, 0) is 4.79 Å². The number of aromatic nitrogens is 1. The van der Waals surface area contributed by atoms with Gasteiger partial charge in [-0.3, -0.25) is 14.9 Å². The number of benzene rings is 1. The Morgan fingerprint density at radius 1 is 1.24 bits per heavy atom.